The Labute approximate surface area is 130 Å². The van der Waals surface area contributed by atoms with Crippen LogP contribution in [0.1, 0.15) is 31.9 Å². The van der Waals surface area contributed by atoms with Crippen molar-refractivity contribution in [2.75, 3.05) is 0 Å². The number of aromatic nitrogens is 2. The predicted molar refractivity (Wildman–Crippen MR) is 85.8 cm³/mol. The lowest BCUT2D eigenvalue weighted by molar-refractivity contribution is -0.121. The van der Waals surface area contributed by atoms with Gasteiger partial charge >= 0.3 is 0 Å². The zero-order valence-electron chi connectivity index (χ0n) is 13.1. The first kappa shape index (κ1) is 15.7. The van der Waals surface area contributed by atoms with Crippen LogP contribution in [0.2, 0.25) is 0 Å². The summed E-state index contributed by atoms with van der Waals surface area (Å²) < 4.78 is 1.79. The topological polar surface area (TPSA) is 58.7 Å². The number of carbonyl (C=O) groups is 1. The smallest absolute Gasteiger partial charge is 0.178 e. The van der Waals surface area contributed by atoms with Gasteiger partial charge in [0.15, 0.2) is 5.78 Å². The number of Topliss-reactive ketones (excluding diaryl/α,β-unsaturated/α-hetero) is 1. The maximum Gasteiger partial charge on any atom is 0.178 e. The minimum atomic E-state index is -0.568. The van der Waals surface area contributed by atoms with Crippen molar-refractivity contribution in [2.24, 2.45) is 5.41 Å². The molecule has 1 aromatic carbocycles. The fraction of sp³-hybridized carbons (Fsp3) is 0.278. The van der Waals surface area contributed by atoms with Crippen molar-refractivity contribution >= 4 is 11.9 Å². The molecule has 0 aliphatic heterocycles. The molecule has 1 heterocycles. The third-order valence-electron chi connectivity index (χ3n) is 3.20. The molecular formula is C18H19N3O. The van der Waals surface area contributed by atoms with Crippen LogP contribution in [0.25, 0.3) is 6.08 Å². The molecule has 0 spiro atoms. The number of nitrogens with zero attached hydrogens (tertiary/aromatic N) is 3. The van der Waals surface area contributed by atoms with E-state index in [0.29, 0.717) is 6.54 Å². The Morgan fingerprint density at radius 1 is 1.32 bits per heavy atom. The Balaban J connectivity index is 2.19. The fourth-order valence-corrected chi connectivity index (χ4v) is 2.03. The van der Waals surface area contributed by atoms with Gasteiger partial charge in [-0.05, 0) is 11.6 Å². The number of rotatable bonds is 4. The first-order valence-corrected chi connectivity index (χ1v) is 7.13. The Morgan fingerprint density at radius 3 is 2.59 bits per heavy atom. The minimum Gasteiger partial charge on any atom is -0.293 e. The summed E-state index contributed by atoms with van der Waals surface area (Å²) in [4.78, 5) is 12.2. The molecule has 0 atom stereocenters. The molecule has 4 nitrogen and oxygen atoms in total. The highest BCUT2D eigenvalue weighted by Crippen LogP contribution is 2.21. The van der Waals surface area contributed by atoms with Gasteiger partial charge in [-0.25, -0.2) is 0 Å². The van der Waals surface area contributed by atoms with E-state index in [1.807, 2.05) is 42.6 Å². The molecule has 1 aromatic heterocycles. The maximum absolute atomic E-state index is 12.2. The lowest BCUT2D eigenvalue weighted by Gasteiger charge is -2.15. The quantitative estimate of drug-likeness (QED) is 0.640. The van der Waals surface area contributed by atoms with E-state index >= 15 is 0 Å². The average Bonchev–Trinajstić information content (AvgIpc) is 2.91. The third kappa shape index (κ3) is 3.92. The van der Waals surface area contributed by atoms with Gasteiger partial charge in [0.2, 0.25) is 0 Å². The molecule has 22 heavy (non-hydrogen) atoms. The van der Waals surface area contributed by atoms with Crippen molar-refractivity contribution in [3.05, 3.63) is 59.4 Å². The van der Waals surface area contributed by atoms with Crippen LogP contribution in [0, 0.1) is 16.7 Å². The van der Waals surface area contributed by atoms with Gasteiger partial charge < -0.3 is 0 Å². The Bertz CT molecular complexity index is 728. The summed E-state index contributed by atoms with van der Waals surface area (Å²) in [5.74, 6) is -0.161. The second-order valence-electron chi connectivity index (χ2n) is 6.21. The van der Waals surface area contributed by atoms with Crippen LogP contribution >= 0.6 is 0 Å². The molecule has 0 saturated heterocycles. The van der Waals surface area contributed by atoms with Crippen LogP contribution in [-0.2, 0) is 11.3 Å². The Hall–Kier alpha value is -2.67. The number of benzene rings is 1. The molecule has 0 saturated carbocycles. The number of nitriles is 1. The minimum absolute atomic E-state index is 0.159. The molecular weight excluding hydrogens is 274 g/mol. The zero-order chi connectivity index (χ0) is 16.2. The van der Waals surface area contributed by atoms with E-state index in [4.69, 9.17) is 0 Å². The molecule has 0 unspecified atom stereocenters. The van der Waals surface area contributed by atoms with Crippen LogP contribution in [-0.4, -0.2) is 15.6 Å². The first-order valence-electron chi connectivity index (χ1n) is 7.13. The van der Waals surface area contributed by atoms with E-state index in [9.17, 15) is 10.1 Å². The van der Waals surface area contributed by atoms with Crippen LogP contribution in [0.5, 0.6) is 0 Å². The molecule has 0 N–H and O–H groups in total. The normalized spacial score (nSPS) is 12.0. The summed E-state index contributed by atoms with van der Waals surface area (Å²) in [7, 11) is 0. The molecule has 112 valence electrons. The van der Waals surface area contributed by atoms with Gasteiger partial charge in [0.1, 0.15) is 6.07 Å². The fourth-order valence-electron chi connectivity index (χ4n) is 2.03. The summed E-state index contributed by atoms with van der Waals surface area (Å²) >= 11 is 0. The highest BCUT2D eigenvalue weighted by atomic mass is 16.1. The van der Waals surface area contributed by atoms with Crippen LogP contribution in [0.3, 0.4) is 0 Å². The Morgan fingerprint density at radius 2 is 2.00 bits per heavy atom. The highest BCUT2D eigenvalue weighted by Gasteiger charge is 2.25. The number of ketones is 1. The monoisotopic (exact) mass is 293 g/mol. The largest absolute Gasteiger partial charge is 0.293 e. The lowest BCUT2D eigenvalue weighted by atomic mass is 9.86. The summed E-state index contributed by atoms with van der Waals surface area (Å²) in [6, 6.07) is 12.0. The van der Waals surface area contributed by atoms with Crippen LogP contribution in [0.4, 0.5) is 0 Å². The van der Waals surface area contributed by atoms with Gasteiger partial charge in [0.05, 0.1) is 18.3 Å². The van der Waals surface area contributed by atoms with Gasteiger partial charge in [0.25, 0.3) is 0 Å². The molecule has 0 bridgehead atoms. The maximum atomic E-state index is 12.2. The molecule has 0 fully saturated rings. The van der Waals surface area contributed by atoms with Gasteiger partial charge in [-0.2, -0.15) is 10.4 Å². The number of hydrogen-bond acceptors (Lipinski definition) is 3. The van der Waals surface area contributed by atoms with Crippen molar-refractivity contribution in [3.8, 4) is 6.07 Å². The summed E-state index contributed by atoms with van der Waals surface area (Å²) in [6.45, 7) is 6.07. The van der Waals surface area contributed by atoms with Crippen molar-refractivity contribution in [2.45, 2.75) is 27.3 Å². The molecule has 0 aliphatic carbocycles. The van der Waals surface area contributed by atoms with Gasteiger partial charge in [-0.1, -0.05) is 51.1 Å². The first-order chi connectivity index (χ1) is 10.4. The third-order valence-corrected chi connectivity index (χ3v) is 3.20. The Kier molecular flexibility index (Phi) is 4.57. The van der Waals surface area contributed by atoms with E-state index in [1.54, 1.807) is 37.7 Å². The second kappa shape index (κ2) is 6.40. The summed E-state index contributed by atoms with van der Waals surface area (Å²) in [5, 5.41) is 13.5. The average molecular weight is 293 g/mol. The molecule has 4 heteroatoms. The van der Waals surface area contributed by atoms with E-state index in [-0.39, 0.29) is 11.4 Å². The van der Waals surface area contributed by atoms with Crippen molar-refractivity contribution < 1.29 is 4.79 Å². The van der Waals surface area contributed by atoms with Crippen molar-refractivity contribution in [1.82, 2.24) is 9.78 Å². The highest BCUT2D eigenvalue weighted by molar-refractivity contribution is 6.06. The lowest BCUT2D eigenvalue weighted by Crippen LogP contribution is -2.21. The SMILES string of the molecule is CC(C)(C)C(=O)/C(C#N)=C/c1cnn(Cc2ccccc2)c1. The van der Waals surface area contributed by atoms with E-state index < -0.39 is 5.41 Å². The molecule has 2 aromatic rings. The zero-order valence-corrected chi connectivity index (χ0v) is 13.1. The molecule has 0 radical (unpaired) electrons. The molecule has 0 aliphatic rings. The van der Waals surface area contributed by atoms with Crippen LogP contribution < -0.4 is 0 Å². The predicted octanol–water partition coefficient (Wildman–Crippen LogP) is 3.45. The van der Waals surface area contributed by atoms with E-state index in [0.717, 1.165) is 11.1 Å². The number of hydrogen-bond donors (Lipinski definition) is 0. The van der Waals surface area contributed by atoms with Gasteiger partial charge in [-0.15, -0.1) is 0 Å². The van der Waals surface area contributed by atoms with Crippen molar-refractivity contribution in [1.29, 1.82) is 5.26 Å². The van der Waals surface area contributed by atoms with Crippen molar-refractivity contribution in [3.63, 3.8) is 0 Å². The van der Waals surface area contributed by atoms with Gasteiger partial charge in [-0.3, -0.25) is 9.48 Å². The molecule has 0 amide bonds. The summed E-state index contributed by atoms with van der Waals surface area (Å²) in [5.41, 5.74) is 1.49. The van der Waals surface area contributed by atoms with E-state index in [1.165, 1.54) is 0 Å². The second-order valence-corrected chi connectivity index (χ2v) is 6.21. The van der Waals surface area contributed by atoms with Gasteiger partial charge in [0, 0.05) is 17.2 Å². The molecule has 2 rings (SSSR count). The van der Waals surface area contributed by atoms with Crippen LogP contribution in [0.15, 0.2) is 48.3 Å². The van der Waals surface area contributed by atoms with E-state index in [2.05, 4.69) is 5.10 Å². The number of carbonyl (C=O) groups excluding carboxylic acids is 1. The summed E-state index contributed by atoms with van der Waals surface area (Å²) in [6.07, 6.45) is 5.10. The standard InChI is InChI=1S/C18H19N3O/c1-18(2,3)17(22)16(10-19)9-15-11-20-21(13-15)12-14-7-5-4-6-8-14/h4-9,11,13H,12H2,1-3H3/b16-9+. The number of allylic oxidation sites excluding steroid dienone is 1.